The number of rotatable bonds is 6. The molecule has 2 N–H and O–H groups in total. The molecule has 1 aromatic carbocycles. The lowest BCUT2D eigenvalue weighted by Gasteiger charge is -2.12. The second-order valence-corrected chi connectivity index (χ2v) is 7.15. The SMILES string of the molecule is O=S(=O)(NCC(O)c1cccs1)c1ccc(OC(F)(F)F)cc1. The second kappa shape index (κ2) is 6.87. The first-order valence-corrected chi connectivity index (χ1v) is 8.60. The Morgan fingerprint density at radius 2 is 1.87 bits per heavy atom. The molecule has 0 fully saturated rings. The van der Waals surface area contributed by atoms with Crippen LogP contribution in [0.5, 0.6) is 5.75 Å². The van der Waals surface area contributed by atoms with Crippen LogP contribution in [-0.4, -0.2) is 26.4 Å². The highest BCUT2D eigenvalue weighted by atomic mass is 32.2. The number of alkyl halides is 3. The van der Waals surface area contributed by atoms with Crippen LogP contribution in [0.15, 0.2) is 46.7 Å². The highest BCUT2D eigenvalue weighted by Crippen LogP contribution is 2.24. The molecule has 0 spiro atoms. The van der Waals surface area contributed by atoms with Crippen LogP contribution in [0.3, 0.4) is 0 Å². The van der Waals surface area contributed by atoms with Crippen molar-refractivity contribution >= 4 is 21.4 Å². The number of halogens is 3. The van der Waals surface area contributed by atoms with E-state index in [4.69, 9.17) is 0 Å². The molecule has 0 aliphatic carbocycles. The van der Waals surface area contributed by atoms with Gasteiger partial charge < -0.3 is 9.84 Å². The molecule has 1 heterocycles. The quantitative estimate of drug-likeness (QED) is 0.823. The van der Waals surface area contributed by atoms with Crippen molar-refractivity contribution in [3.63, 3.8) is 0 Å². The average Bonchev–Trinajstić information content (AvgIpc) is 2.98. The van der Waals surface area contributed by atoms with Crippen molar-refractivity contribution in [3.05, 3.63) is 46.7 Å². The number of sulfonamides is 1. The summed E-state index contributed by atoms with van der Waals surface area (Å²) in [7, 11) is -3.95. The van der Waals surface area contributed by atoms with Crippen molar-refractivity contribution in [2.75, 3.05) is 6.54 Å². The summed E-state index contributed by atoms with van der Waals surface area (Å²) >= 11 is 1.28. The minimum atomic E-state index is -4.84. The molecule has 0 aliphatic heterocycles. The molecular formula is C13H12F3NO4S2. The molecule has 1 atom stereocenters. The van der Waals surface area contributed by atoms with E-state index in [2.05, 4.69) is 9.46 Å². The van der Waals surface area contributed by atoms with Gasteiger partial charge in [0.2, 0.25) is 10.0 Å². The maximum atomic E-state index is 12.0. The van der Waals surface area contributed by atoms with Crippen LogP contribution in [0.2, 0.25) is 0 Å². The summed E-state index contributed by atoms with van der Waals surface area (Å²) in [6.45, 7) is -0.246. The second-order valence-electron chi connectivity index (χ2n) is 4.40. The molecule has 2 aromatic rings. The Labute approximate surface area is 134 Å². The van der Waals surface area contributed by atoms with Crippen LogP contribution in [0.4, 0.5) is 13.2 Å². The van der Waals surface area contributed by atoms with E-state index >= 15 is 0 Å². The molecule has 0 saturated heterocycles. The van der Waals surface area contributed by atoms with Gasteiger partial charge in [-0.05, 0) is 35.7 Å². The van der Waals surface area contributed by atoms with E-state index in [1.54, 1.807) is 17.5 Å². The molecule has 23 heavy (non-hydrogen) atoms. The zero-order valence-electron chi connectivity index (χ0n) is 11.4. The lowest BCUT2D eigenvalue weighted by atomic mass is 10.3. The fourth-order valence-corrected chi connectivity index (χ4v) is 3.42. The van der Waals surface area contributed by atoms with Crippen LogP contribution >= 0.6 is 11.3 Å². The average molecular weight is 367 g/mol. The molecule has 126 valence electrons. The van der Waals surface area contributed by atoms with Crippen molar-refractivity contribution in [1.29, 1.82) is 0 Å². The summed E-state index contributed by atoms with van der Waals surface area (Å²) in [5, 5.41) is 11.6. The Kier molecular flexibility index (Phi) is 5.30. The first-order valence-electron chi connectivity index (χ1n) is 6.24. The number of hydrogen-bond donors (Lipinski definition) is 2. The van der Waals surface area contributed by atoms with Crippen LogP contribution in [0.25, 0.3) is 0 Å². The van der Waals surface area contributed by atoms with Gasteiger partial charge in [0.1, 0.15) is 11.9 Å². The minimum Gasteiger partial charge on any atom is -0.406 e. The third-order valence-electron chi connectivity index (χ3n) is 2.71. The van der Waals surface area contributed by atoms with E-state index < -0.39 is 28.2 Å². The fraction of sp³-hybridized carbons (Fsp3) is 0.231. The van der Waals surface area contributed by atoms with E-state index in [0.717, 1.165) is 24.3 Å². The first kappa shape index (κ1) is 17.7. The molecule has 0 saturated carbocycles. The standard InChI is InChI=1S/C13H12F3NO4S2/c14-13(15,16)21-9-3-5-10(6-4-9)23(19,20)17-8-11(18)12-2-1-7-22-12/h1-7,11,17-18H,8H2. The summed E-state index contributed by atoms with van der Waals surface area (Å²) in [6, 6.07) is 7.15. The molecule has 1 unspecified atom stereocenters. The molecular weight excluding hydrogens is 355 g/mol. The number of benzene rings is 1. The van der Waals surface area contributed by atoms with Gasteiger partial charge in [-0.3, -0.25) is 0 Å². The monoisotopic (exact) mass is 367 g/mol. The van der Waals surface area contributed by atoms with Gasteiger partial charge in [0.25, 0.3) is 0 Å². The summed E-state index contributed by atoms with van der Waals surface area (Å²) in [6.07, 6.45) is -5.85. The Balaban J connectivity index is 2.02. The van der Waals surface area contributed by atoms with Gasteiger partial charge >= 0.3 is 6.36 Å². The number of thiophene rings is 1. The van der Waals surface area contributed by atoms with Gasteiger partial charge in [0.05, 0.1) is 4.90 Å². The molecule has 2 rings (SSSR count). The number of aliphatic hydroxyl groups is 1. The summed E-state index contributed by atoms with van der Waals surface area (Å²) in [5.74, 6) is -0.518. The zero-order valence-corrected chi connectivity index (χ0v) is 13.1. The zero-order chi connectivity index (χ0) is 17.1. The van der Waals surface area contributed by atoms with Gasteiger partial charge in [0.15, 0.2) is 0 Å². The van der Waals surface area contributed by atoms with Gasteiger partial charge in [-0.15, -0.1) is 24.5 Å². The predicted octanol–water partition coefficient (Wildman–Crippen LogP) is 2.66. The normalized spacial score (nSPS) is 13.7. The number of ether oxygens (including phenoxy) is 1. The lowest BCUT2D eigenvalue weighted by molar-refractivity contribution is -0.274. The highest BCUT2D eigenvalue weighted by Gasteiger charge is 2.31. The van der Waals surface area contributed by atoms with Gasteiger partial charge in [-0.1, -0.05) is 6.07 Å². The molecule has 0 radical (unpaired) electrons. The number of hydrogen-bond acceptors (Lipinski definition) is 5. The lowest BCUT2D eigenvalue weighted by Crippen LogP contribution is -2.28. The highest BCUT2D eigenvalue weighted by molar-refractivity contribution is 7.89. The topological polar surface area (TPSA) is 75.6 Å². The smallest absolute Gasteiger partial charge is 0.406 e. The van der Waals surface area contributed by atoms with Crippen LogP contribution in [-0.2, 0) is 10.0 Å². The molecule has 10 heteroatoms. The Morgan fingerprint density at radius 3 is 2.39 bits per heavy atom. The van der Waals surface area contributed by atoms with Crippen LogP contribution in [0.1, 0.15) is 11.0 Å². The Bertz CT molecular complexity index is 728. The van der Waals surface area contributed by atoms with Crippen molar-refractivity contribution in [1.82, 2.24) is 4.72 Å². The Hall–Kier alpha value is -1.62. The van der Waals surface area contributed by atoms with Crippen LogP contribution < -0.4 is 9.46 Å². The molecule has 0 bridgehead atoms. The van der Waals surface area contributed by atoms with Crippen molar-refractivity contribution in [3.8, 4) is 5.75 Å². The van der Waals surface area contributed by atoms with E-state index in [9.17, 15) is 26.7 Å². The Morgan fingerprint density at radius 1 is 1.22 bits per heavy atom. The van der Waals surface area contributed by atoms with Crippen LogP contribution in [0, 0.1) is 0 Å². The first-order chi connectivity index (χ1) is 10.7. The van der Waals surface area contributed by atoms with Crippen molar-refractivity contribution < 1.29 is 31.4 Å². The largest absolute Gasteiger partial charge is 0.573 e. The maximum absolute atomic E-state index is 12.0. The fourth-order valence-electron chi connectivity index (χ4n) is 1.67. The van der Waals surface area contributed by atoms with Gasteiger partial charge in [0, 0.05) is 11.4 Å². The van der Waals surface area contributed by atoms with E-state index in [0.29, 0.717) is 4.88 Å². The van der Waals surface area contributed by atoms with Crippen molar-refractivity contribution in [2.24, 2.45) is 0 Å². The minimum absolute atomic E-state index is 0.231. The number of aliphatic hydroxyl groups excluding tert-OH is 1. The van der Waals surface area contributed by atoms with Crippen molar-refractivity contribution in [2.45, 2.75) is 17.4 Å². The molecule has 0 aliphatic rings. The third-order valence-corrected chi connectivity index (χ3v) is 5.12. The molecule has 0 amide bonds. The molecule has 1 aromatic heterocycles. The van der Waals surface area contributed by atoms with E-state index in [1.165, 1.54) is 11.3 Å². The molecule has 5 nitrogen and oxygen atoms in total. The summed E-state index contributed by atoms with van der Waals surface area (Å²) < 4.78 is 66.0. The van der Waals surface area contributed by atoms with E-state index in [1.807, 2.05) is 0 Å². The predicted molar refractivity (Wildman–Crippen MR) is 77.6 cm³/mol. The summed E-state index contributed by atoms with van der Waals surface area (Å²) in [4.78, 5) is 0.368. The van der Waals surface area contributed by atoms with Gasteiger partial charge in [-0.25, -0.2) is 13.1 Å². The maximum Gasteiger partial charge on any atom is 0.573 e. The third kappa shape index (κ3) is 5.20. The van der Waals surface area contributed by atoms with E-state index in [-0.39, 0.29) is 11.4 Å². The number of nitrogens with one attached hydrogen (secondary N) is 1. The summed E-state index contributed by atoms with van der Waals surface area (Å²) in [5.41, 5.74) is 0. The van der Waals surface area contributed by atoms with Gasteiger partial charge in [-0.2, -0.15) is 0 Å².